The van der Waals surface area contributed by atoms with Crippen molar-refractivity contribution in [3.8, 4) is 0 Å². The van der Waals surface area contributed by atoms with Crippen LogP contribution in [0.5, 0.6) is 0 Å². The van der Waals surface area contributed by atoms with Crippen LogP contribution < -0.4 is 0 Å². The Bertz CT molecular complexity index is 233. The largest absolute Gasteiger partial charge is 0.372 e. The van der Waals surface area contributed by atoms with Crippen molar-refractivity contribution in [1.29, 1.82) is 0 Å². The molecule has 0 N–H and O–H groups in total. The molecule has 0 amide bonds. The second kappa shape index (κ2) is 7.48. The first kappa shape index (κ1) is 15.2. The van der Waals surface area contributed by atoms with Crippen LogP contribution >= 0.6 is 0 Å². The average Bonchev–Trinajstić information content (AvgIpc) is 2.18. The molecule has 0 saturated heterocycles. The van der Waals surface area contributed by atoms with Gasteiger partial charge in [0.25, 0.3) is 0 Å². The molecule has 0 rings (SSSR count). The van der Waals surface area contributed by atoms with Crippen LogP contribution in [0, 0.1) is 0 Å². The van der Waals surface area contributed by atoms with E-state index in [2.05, 4.69) is 45.7 Å². The molecule has 94 valence electrons. The van der Waals surface area contributed by atoms with E-state index in [1.165, 1.54) is 0 Å². The highest BCUT2D eigenvalue weighted by atomic mass is 16.1. The second-order valence-corrected chi connectivity index (χ2v) is 4.82. The lowest BCUT2D eigenvalue weighted by Crippen LogP contribution is -2.32. The van der Waals surface area contributed by atoms with Crippen LogP contribution in [-0.2, 0) is 4.79 Å². The Kier molecular flexibility index (Phi) is 7.11. The SMILES string of the molecule is CCCC(=O)C(=CN(C(C)C)C(C)C)CC. The van der Waals surface area contributed by atoms with Crippen molar-refractivity contribution in [2.24, 2.45) is 0 Å². The number of hydrogen-bond acceptors (Lipinski definition) is 2. The van der Waals surface area contributed by atoms with Gasteiger partial charge in [0.05, 0.1) is 0 Å². The van der Waals surface area contributed by atoms with Gasteiger partial charge in [-0.1, -0.05) is 13.8 Å². The van der Waals surface area contributed by atoms with E-state index in [-0.39, 0.29) is 0 Å². The van der Waals surface area contributed by atoms with Crippen molar-refractivity contribution < 1.29 is 4.79 Å². The number of carbonyl (C=O) groups excluding carboxylic acids is 1. The molecule has 0 aliphatic heterocycles. The average molecular weight is 225 g/mol. The molecular weight excluding hydrogens is 198 g/mol. The molecule has 0 radical (unpaired) electrons. The molecule has 0 bridgehead atoms. The molecule has 0 spiro atoms. The summed E-state index contributed by atoms with van der Waals surface area (Å²) in [7, 11) is 0. The van der Waals surface area contributed by atoms with Gasteiger partial charge in [0.1, 0.15) is 0 Å². The van der Waals surface area contributed by atoms with Crippen LogP contribution in [0.1, 0.15) is 60.8 Å². The van der Waals surface area contributed by atoms with Crippen molar-refractivity contribution >= 4 is 5.78 Å². The predicted molar refractivity (Wildman–Crippen MR) is 70.4 cm³/mol. The van der Waals surface area contributed by atoms with E-state index in [9.17, 15) is 4.79 Å². The molecule has 0 saturated carbocycles. The van der Waals surface area contributed by atoms with E-state index in [1.54, 1.807) is 0 Å². The maximum atomic E-state index is 11.9. The highest BCUT2D eigenvalue weighted by molar-refractivity contribution is 5.95. The van der Waals surface area contributed by atoms with Gasteiger partial charge < -0.3 is 4.90 Å². The third-order valence-corrected chi connectivity index (χ3v) is 2.71. The third-order valence-electron chi connectivity index (χ3n) is 2.71. The van der Waals surface area contributed by atoms with E-state index in [0.29, 0.717) is 24.3 Å². The van der Waals surface area contributed by atoms with Gasteiger partial charge in [-0.25, -0.2) is 0 Å². The zero-order valence-electron chi connectivity index (χ0n) is 11.7. The first-order chi connectivity index (χ1) is 7.43. The first-order valence-corrected chi connectivity index (χ1v) is 6.45. The van der Waals surface area contributed by atoms with Gasteiger partial charge in [0.2, 0.25) is 0 Å². The molecular formula is C14H27NO. The van der Waals surface area contributed by atoms with Gasteiger partial charge in [-0.2, -0.15) is 0 Å². The van der Waals surface area contributed by atoms with Crippen molar-refractivity contribution in [1.82, 2.24) is 4.90 Å². The summed E-state index contributed by atoms with van der Waals surface area (Å²) in [6, 6.07) is 0.881. The molecule has 0 aromatic rings. The summed E-state index contributed by atoms with van der Waals surface area (Å²) in [4.78, 5) is 14.1. The second-order valence-electron chi connectivity index (χ2n) is 4.82. The van der Waals surface area contributed by atoms with Gasteiger partial charge in [-0.05, 0) is 40.5 Å². The van der Waals surface area contributed by atoms with Gasteiger partial charge >= 0.3 is 0 Å². The molecule has 16 heavy (non-hydrogen) atoms. The highest BCUT2D eigenvalue weighted by Crippen LogP contribution is 2.13. The Morgan fingerprint density at radius 3 is 1.94 bits per heavy atom. The monoisotopic (exact) mass is 225 g/mol. The highest BCUT2D eigenvalue weighted by Gasteiger charge is 2.13. The Labute approximate surface area is 101 Å². The number of allylic oxidation sites excluding steroid dienone is 1. The Balaban J connectivity index is 4.82. The number of ketones is 1. The Morgan fingerprint density at radius 1 is 1.12 bits per heavy atom. The Morgan fingerprint density at radius 2 is 1.62 bits per heavy atom. The Hall–Kier alpha value is -0.790. The van der Waals surface area contributed by atoms with Crippen LogP contribution in [0.25, 0.3) is 0 Å². The molecule has 0 heterocycles. The number of carbonyl (C=O) groups is 1. The lowest BCUT2D eigenvalue weighted by atomic mass is 10.1. The summed E-state index contributed by atoms with van der Waals surface area (Å²) in [5.41, 5.74) is 0.962. The number of hydrogen-bond donors (Lipinski definition) is 0. The van der Waals surface area contributed by atoms with E-state index in [4.69, 9.17) is 0 Å². The van der Waals surface area contributed by atoms with Gasteiger partial charge in [-0.3, -0.25) is 4.79 Å². The van der Waals surface area contributed by atoms with Crippen LogP contribution in [0.2, 0.25) is 0 Å². The maximum absolute atomic E-state index is 11.9. The molecule has 2 heteroatoms. The van der Waals surface area contributed by atoms with Gasteiger partial charge in [0, 0.05) is 30.3 Å². The fourth-order valence-corrected chi connectivity index (χ4v) is 1.82. The first-order valence-electron chi connectivity index (χ1n) is 6.45. The number of Topliss-reactive ketones (excluding diaryl/α,β-unsaturated/α-hetero) is 1. The van der Waals surface area contributed by atoms with Gasteiger partial charge in [0.15, 0.2) is 5.78 Å². The number of nitrogens with zero attached hydrogens (tertiary/aromatic N) is 1. The van der Waals surface area contributed by atoms with Crippen molar-refractivity contribution in [2.75, 3.05) is 0 Å². The van der Waals surface area contributed by atoms with E-state index >= 15 is 0 Å². The molecule has 0 aromatic heterocycles. The van der Waals surface area contributed by atoms with Crippen LogP contribution in [0.4, 0.5) is 0 Å². The molecule has 0 unspecified atom stereocenters. The van der Waals surface area contributed by atoms with E-state index in [0.717, 1.165) is 18.4 Å². The molecule has 0 fully saturated rings. The fourth-order valence-electron chi connectivity index (χ4n) is 1.82. The fraction of sp³-hybridized carbons (Fsp3) is 0.786. The molecule has 0 atom stereocenters. The van der Waals surface area contributed by atoms with Gasteiger partial charge in [-0.15, -0.1) is 0 Å². The van der Waals surface area contributed by atoms with Crippen molar-refractivity contribution in [3.05, 3.63) is 11.8 Å². The molecule has 0 aromatic carbocycles. The third kappa shape index (κ3) is 4.82. The molecule has 0 aliphatic rings. The minimum Gasteiger partial charge on any atom is -0.372 e. The summed E-state index contributed by atoms with van der Waals surface area (Å²) in [5.74, 6) is 0.302. The number of rotatable bonds is 7. The molecule has 2 nitrogen and oxygen atoms in total. The zero-order valence-corrected chi connectivity index (χ0v) is 11.7. The smallest absolute Gasteiger partial charge is 0.160 e. The van der Waals surface area contributed by atoms with Crippen molar-refractivity contribution in [2.45, 2.75) is 72.9 Å². The maximum Gasteiger partial charge on any atom is 0.160 e. The lowest BCUT2D eigenvalue weighted by Gasteiger charge is -2.30. The van der Waals surface area contributed by atoms with E-state index in [1.807, 2.05) is 6.92 Å². The summed E-state index contributed by atoms with van der Waals surface area (Å²) in [6.07, 6.45) is 4.49. The lowest BCUT2D eigenvalue weighted by molar-refractivity contribution is -0.115. The predicted octanol–water partition coefficient (Wildman–Crippen LogP) is 3.77. The molecule has 0 aliphatic carbocycles. The minimum absolute atomic E-state index is 0.302. The summed E-state index contributed by atoms with van der Waals surface area (Å²) in [6.45, 7) is 12.7. The summed E-state index contributed by atoms with van der Waals surface area (Å²) in [5, 5.41) is 0. The van der Waals surface area contributed by atoms with Crippen LogP contribution in [0.15, 0.2) is 11.8 Å². The standard InChI is InChI=1S/C14H27NO/c1-7-9-14(16)13(8-2)10-15(11(3)4)12(5)6/h10-12H,7-9H2,1-6H3. The minimum atomic E-state index is 0.302. The topological polar surface area (TPSA) is 20.3 Å². The zero-order chi connectivity index (χ0) is 12.7. The quantitative estimate of drug-likeness (QED) is 0.615. The van der Waals surface area contributed by atoms with E-state index < -0.39 is 0 Å². The normalized spacial score (nSPS) is 12.4. The van der Waals surface area contributed by atoms with Crippen LogP contribution in [0.3, 0.4) is 0 Å². The van der Waals surface area contributed by atoms with Crippen molar-refractivity contribution in [3.63, 3.8) is 0 Å². The van der Waals surface area contributed by atoms with Crippen LogP contribution in [-0.4, -0.2) is 22.8 Å². The summed E-state index contributed by atoms with van der Waals surface area (Å²) >= 11 is 0. The summed E-state index contributed by atoms with van der Waals surface area (Å²) < 4.78 is 0.